The van der Waals surface area contributed by atoms with Gasteiger partial charge in [0.25, 0.3) is 0 Å². The Labute approximate surface area is 198 Å². The summed E-state index contributed by atoms with van der Waals surface area (Å²) in [5, 5.41) is 4.38. The summed E-state index contributed by atoms with van der Waals surface area (Å²) in [5.41, 5.74) is 0.918. The van der Waals surface area contributed by atoms with Gasteiger partial charge in [0, 0.05) is 57.8 Å². The summed E-state index contributed by atoms with van der Waals surface area (Å²) >= 11 is 1.47. The van der Waals surface area contributed by atoms with Gasteiger partial charge >= 0.3 is 0 Å². The van der Waals surface area contributed by atoms with Crippen molar-refractivity contribution >= 4 is 46.6 Å². The Hall–Kier alpha value is -1.53. The van der Waals surface area contributed by atoms with E-state index in [1.807, 2.05) is 0 Å². The summed E-state index contributed by atoms with van der Waals surface area (Å²) in [6.45, 7) is 8.89. The number of hydrogen-bond acceptors (Lipinski definition) is 6. The molecule has 1 aliphatic heterocycles. The predicted molar refractivity (Wildman–Crippen MR) is 131 cm³/mol. The fraction of sp³-hybridized carbons (Fsp3) is 0.550. The molecule has 0 saturated carbocycles. The first-order valence-corrected chi connectivity index (χ1v) is 10.8. The van der Waals surface area contributed by atoms with Crippen LogP contribution < -0.4 is 10.2 Å². The number of halogens is 2. The predicted octanol–water partition coefficient (Wildman–Crippen LogP) is 3.33. The highest BCUT2D eigenvalue weighted by atomic mass is 127. The van der Waals surface area contributed by atoms with Crippen molar-refractivity contribution in [3.8, 4) is 0 Å². The molecular weight excluding hydrogens is 518 g/mol. The first-order valence-electron chi connectivity index (χ1n) is 10.0. The zero-order chi connectivity index (χ0) is 20.6. The van der Waals surface area contributed by atoms with E-state index in [9.17, 15) is 4.39 Å². The van der Waals surface area contributed by atoms with Crippen LogP contribution in [0.5, 0.6) is 0 Å². The SMILES string of the molecule is CCNC(=NCC(OC)c1ccc(F)cc1)N1CCN(c2nc(CC)ns2)CC1.I. The van der Waals surface area contributed by atoms with Crippen molar-refractivity contribution < 1.29 is 9.13 Å². The number of guanidine groups is 1. The maximum absolute atomic E-state index is 13.2. The van der Waals surface area contributed by atoms with Crippen molar-refractivity contribution in [2.75, 3.05) is 51.3 Å². The zero-order valence-corrected chi connectivity index (χ0v) is 20.8. The number of nitrogens with zero attached hydrogens (tertiary/aromatic N) is 5. The Morgan fingerprint density at radius 2 is 1.93 bits per heavy atom. The normalized spacial score (nSPS) is 15.7. The van der Waals surface area contributed by atoms with Crippen molar-refractivity contribution in [2.24, 2.45) is 4.99 Å². The van der Waals surface area contributed by atoms with E-state index >= 15 is 0 Å². The highest BCUT2D eigenvalue weighted by Gasteiger charge is 2.22. The minimum atomic E-state index is -0.250. The van der Waals surface area contributed by atoms with Crippen LogP contribution >= 0.6 is 35.5 Å². The van der Waals surface area contributed by atoms with Crippen molar-refractivity contribution in [1.29, 1.82) is 0 Å². The van der Waals surface area contributed by atoms with Gasteiger partial charge in [-0.25, -0.2) is 9.37 Å². The van der Waals surface area contributed by atoms with Crippen molar-refractivity contribution in [3.05, 3.63) is 41.5 Å². The Morgan fingerprint density at radius 3 is 2.50 bits per heavy atom. The second-order valence-corrected chi connectivity index (χ2v) is 7.52. The molecule has 3 rings (SSSR count). The van der Waals surface area contributed by atoms with E-state index < -0.39 is 0 Å². The van der Waals surface area contributed by atoms with Crippen molar-refractivity contribution in [3.63, 3.8) is 0 Å². The van der Waals surface area contributed by atoms with Gasteiger partial charge in [-0.2, -0.15) is 4.37 Å². The number of hydrogen-bond donors (Lipinski definition) is 1. The van der Waals surface area contributed by atoms with E-state index in [4.69, 9.17) is 9.73 Å². The van der Waals surface area contributed by atoms with Crippen LogP contribution in [0, 0.1) is 5.82 Å². The molecule has 2 aromatic rings. The van der Waals surface area contributed by atoms with Crippen LogP contribution in [0.15, 0.2) is 29.3 Å². The number of aromatic nitrogens is 2. The number of anilines is 1. The topological polar surface area (TPSA) is 65.9 Å². The van der Waals surface area contributed by atoms with Gasteiger partial charge in [0.1, 0.15) is 17.7 Å². The molecule has 30 heavy (non-hydrogen) atoms. The molecule has 0 bridgehead atoms. The summed E-state index contributed by atoms with van der Waals surface area (Å²) in [6.07, 6.45) is 0.655. The molecule has 0 amide bonds. The lowest BCUT2D eigenvalue weighted by atomic mass is 10.1. The van der Waals surface area contributed by atoms with E-state index in [-0.39, 0.29) is 35.9 Å². The third kappa shape index (κ3) is 6.48. The van der Waals surface area contributed by atoms with Crippen molar-refractivity contribution in [1.82, 2.24) is 19.6 Å². The summed E-state index contributed by atoms with van der Waals surface area (Å²) in [5.74, 6) is 1.54. The monoisotopic (exact) mass is 548 g/mol. The number of aryl methyl sites for hydroxylation is 1. The van der Waals surface area contributed by atoms with E-state index in [0.29, 0.717) is 6.54 Å². The molecule has 10 heteroatoms. The largest absolute Gasteiger partial charge is 0.375 e. The molecule has 1 N–H and O–H groups in total. The van der Waals surface area contributed by atoms with Gasteiger partial charge in [0.2, 0.25) is 5.13 Å². The van der Waals surface area contributed by atoms with Crippen molar-refractivity contribution in [2.45, 2.75) is 26.4 Å². The molecule has 1 saturated heterocycles. The number of rotatable bonds is 7. The standard InChI is InChI=1S/C20H29FN6OS.HI/c1-4-18-24-20(29-25-18)27-12-10-26(11-13-27)19(22-5-2)23-14-17(28-3)15-6-8-16(21)9-7-15;/h6-9,17H,4-5,10-14H2,1-3H3,(H,22,23);1H. The molecule has 0 radical (unpaired) electrons. The summed E-state index contributed by atoms with van der Waals surface area (Å²) < 4.78 is 23.2. The van der Waals surface area contributed by atoms with Gasteiger partial charge in [-0.05, 0) is 24.6 Å². The molecule has 7 nitrogen and oxygen atoms in total. The third-order valence-corrected chi connectivity index (χ3v) is 5.71. The van der Waals surface area contributed by atoms with Gasteiger partial charge in [-0.3, -0.25) is 4.99 Å². The average molecular weight is 548 g/mol. The molecular formula is C20H30FIN6OS. The molecule has 2 heterocycles. The molecule has 0 spiro atoms. The van der Waals surface area contributed by atoms with Gasteiger partial charge < -0.3 is 19.9 Å². The van der Waals surface area contributed by atoms with Gasteiger partial charge in [-0.15, -0.1) is 24.0 Å². The van der Waals surface area contributed by atoms with Crippen LogP contribution in [-0.2, 0) is 11.2 Å². The number of piperazine rings is 1. The summed E-state index contributed by atoms with van der Waals surface area (Å²) in [4.78, 5) is 13.9. The lowest BCUT2D eigenvalue weighted by molar-refractivity contribution is 0.110. The first-order chi connectivity index (χ1) is 14.1. The molecule has 1 aromatic carbocycles. The fourth-order valence-electron chi connectivity index (χ4n) is 3.21. The van der Waals surface area contributed by atoms with E-state index in [1.54, 1.807) is 19.2 Å². The maximum Gasteiger partial charge on any atom is 0.205 e. The average Bonchev–Trinajstić information content (AvgIpc) is 3.24. The summed E-state index contributed by atoms with van der Waals surface area (Å²) in [7, 11) is 1.65. The van der Waals surface area contributed by atoms with E-state index in [1.165, 1.54) is 23.7 Å². The smallest absolute Gasteiger partial charge is 0.205 e. The molecule has 1 aromatic heterocycles. The molecule has 1 atom stereocenters. The lowest BCUT2D eigenvalue weighted by Crippen LogP contribution is -2.52. The van der Waals surface area contributed by atoms with Gasteiger partial charge in [0.05, 0.1) is 6.54 Å². The van der Waals surface area contributed by atoms with E-state index in [2.05, 4.69) is 38.3 Å². The number of aliphatic imine (C=N–C) groups is 1. The Bertz CT molecular complexity index is 795. The quantitative estimate of drug-likeness (QED) is 0.326. The zero-order valence-electron chi connectivity index (χ0n) is 17.7. The highest BCUT2D eigenvalue weighted by molar-refractivity contribution is 14.0. The molecule has 1 aliphatic rings. The number of nitrogens with one attached hydrogen (secondary N) is 1. The van der Waals surface area contributed by atoms with E-state index in [0.717, 1.165) is 61.6 Å². The van der Waals surface area contributed by atoms with Crippen LogP contribution in [0.2, 0.25) is 0 Å². The lowest BCUT2D eigenvalue weighted by Gasteiger charge is -2.36. The molecule has 1 unspecified atom stereocenters. The van der Waals surface area contributed by atoms with Crippen LogP contribution in [0.3, 0.4) is 0 Å². The fourth-order valence-corrected chi connectivity index (χ4v) is 4.02. The first kappa shape index (κ1) is 24.7. The Balaban J connectivity index is 0.00000320. The van der Waals surface area contributed by atoms with Gasteiger partial charge in [0.15, 0.2) is 5.96 Å². The van der Waals surface area contributed by atoms with Crippen LogP contribution in [-0.4, -0.2) is 66.6 Å². The van der Waals surface area contributed by atoms with Crippen LogP contribution in [0.25, 0.3) is 0 Å². The molecule has 0 aliphatic carbocycles. The third-order valence-electron chi connectivity index (χ3n) is 4.89. The van der Waals surface area contributed by atoms with Gasteiger partial charge in [-0.1, -0.05) is 19.1 Å². The minimum Gasteiger partial charge on any atom is -0.375 e. The second kappa shape index (κ2) is 12.4. The van der Waals surface area contributed by atoms with Crippen LogP contribution in [0.4, 0.5) is 9.52 Å². The Kier molecular flexibility index (Phi) is 10.2. The molecule has 1 fully saturated rings. The van der Waals surface area contributed by atoms with Crippen LogP contribution in [0.1, 0.15) is 31.3 Å². The Morgan fingerprint density at radius 1 is 1.23 bits per heavy atom. The second-order valence-electron chi connectivity index (χ2n) is 6.79. The maximum atomic E-state index is 13.2. The number of methoxy groups -OCH3 is 1. The highest BCUT2D eigenvalue weighted by Crippen LogP contribution is 2.20. The molecule has 166 valence electrons. The summed E-state index contributed by atoms with van der Waals surface area (Å²) in [6, 6.07) is 6.40. The minimum absolute atomic E-state index is 0. The number of ether oxygens (including phenoxy) is 1. The number of benzene rings is 1.